The van der Waals surface area contributed by atoms with E-state index in [0.29, 0.717) is 16.2 Å². The molecule has 0 aromatic carbocycles. The lowest BCUT2D eigenvalue weighted by Gasteiger charge is -2.58. The van der Waals surface area contributed by atoms with Gasteiger partial charge in [-0.2, -0.15) is 0 Å². The van der Waals surface area contributed by atoms with E-state index in [1.54, 1.807) is 5.57 Å². The fourth-order valence-corrected chi connectivity index (χ4v) is 8.96. The number of aliphatic hydroxyl groups excluding tert-OH is 1. The highest BCUT2D eigenvalue weighted by Gasteiger charge is 2.57. The molecule has 1 nitrogen and oxygen atoms in total. The van der Waals surface area contributed by atoms with Crippen molar-refractivity contribution in [3.8, 4) is 0 Å². The van der Waals surface area contributed by atoms with Crippen LogP contribution in [0, 0.1) is 39.9 Å². The molecule has 0 saturated heterocycles. The maximum absolute atomic E-state index is 10.3. The van der Waals surface area contributed by atoms with Crippen LogP contribution < -0.4 is 0 Å². The van der Waals surface area contributed by atoms with Crippen molar-refractivity contribution in [2.24, 2.45) is 39.9 Å². The number of aliphatic hydroxyl groups is 1. The summed E-state index contributed by atoms with van der Waals surface area (Å²) in [5.74, 6) is 3.28. The van der Waals surface area contributed by atoms with Crippen LogP contribution in [0.2, 0.25) is 0 Å². The first kappa shape index (κ1) is 23.6. The molecule has 0 aliphatic heterocycles. The van der Waals surface area contributed by atoms with Crippen molar-refractivity contribution >= 4 is 0 Å². The van der Waals surface area contributed by atoms with Gasteiger partial charge < -0.3 is 5.11 Å². The van der Waals surface area contributed by atoms with Gasteiger partial charge in [-0.15, -0.1) is 0 Å². The third-order valence-electron chi connectivity index (χ3n) is 11.6. The third kappa shape index (κ3) is 3.79. The topological polar surface area (TPSA) is 20.2 Å². The number of fused-ring (bicyclic) bond motifs is 5. The maximum atomic E-state index is 10.3. The number of hydrogen-bond acceptors (Lipinski definition) is 1. The first-order valence-electron chi connectivity index (χ1n) is 13.8. The van der Waals surface area contributed by atoms with Crippen LogP contribution in [0.4, 0.5) is 0 Å². The highest BCUT2D eigenvalue weighted by atomic mass is 16.3. The molecule has 0 spiro atoms. The zero-order chi connectivity index (χ0) is 22.4. The van der Waals surface area contributed by atoms with Crippen molar-refractivity contribution in [3.63, 3.8) is 0 Å². The van der Waals surface area contributed by atoms with Crippen molar-refractivity contribution in [3.05, 3.63) is 23.3 Å². The van der Waals surface area contributed by atoms with E-state index in [-0.39, 0.29) is 6.10 Å². The Morgan fingerprint density at radius 1 is 0.968 bits per heavy atom. The Balaban J connectivity index is 1.49. The second-order valence-corrected chi connectivity index (χ2v) is 12.5. The van der Waals surface area contributed by atoms with Gasteiger partial charge in [0.2, 0.25) is 0 Å². The Morgan fingerprint density at radius 2 is 1.65 bits per heavy atom. The van der Waals surface area contributed by atoms with E-state index < -0.39 is 0 Å². The largest absolute Gasteiger partial charge is 0.393 e. The summed E-state index contributed by atoms with van der Waals surface area (Å²) >= 11 is 0. The molecule has 0 unspecified atom stereocenters. The first-order chi connectivity index (χ1) is 14.7. The molecule has 0 radical (unpaired) electrons. The predicted octanol–water partition coefficient (Wildman–Crippen LogP) is 8.48. The number of hydrogen-bond donors (Lipinski definition) is 1. The maximum Gasteiger partial charge on any atom is 0.0577 e. The number of rotatable bonds is 7. The Hall–Kier alpha value is -0.560. The predicted molar refractivity (Wildman–Crippen MR) is 133 cm³/mol. The van der Waals surface area contributed by atoms with Crippen molar-refractivity contribution in [2.45, 2.75) is 125 Å². The van der Waals surface area contributed by atoms with Crippen LogP contribution in [0.1, 0.15) is 119 Å². The molecule has 2 fully saturated rings. The molecule has 1 N–H and O–H groups in total. The van der Waals surface area contributed by atoms with Crippen molar-refractivity contribution in [2.75, 3.05) is 0 Å². The van der Waals surface area contributed by atoms with Gasteiger partial charge in [-0.05, 0) is 97.7 Å². The molecule has 4 rings (SSSR count). The third-order valence-corrected chi connectivity index (χ3v) is 11.6. The molecule has 2 saturated carbocycles. The minimum absolute atomic E-state index is 0.0909. The SMILES string of the molecule is CCC(CC)(CC)CC[C@@H](C)C1=CC[C@H]2[C@@H]3CC=C4C[C@@H](O)CC[C@]4(C)[C@H]3CC[C@]12C. The fraction of sp³-hybridized carbons (Fsp3) is 0.867. The van der Waals surface area contributed by atoms with Crippen LogP contribution in [0.15, 0.2) is 23.3 Å². The van der Waals surface area contributed by atoms with E-state index in [1.807, 2.05) is 5.57 Å². The Labute approximate surface area is 193 Å². The molecule has 4 aliphatic rings. The van der Waals surface area contributed by atoms with Crippen LogP contribution in [0.5, 0.6) is 0 Å². The molecule has 0 bridgehead atoms. The lowest BCUT2D eigenvalue weighted by Crippen LogP contribution is -2.50. The van der Waals surface area contributed by atoms with Crippen LogP contribution in [-0.4, -0.2) is 11.2 Å². The van der Waals surface area contributed by atoms with Crippen molar-refractivity contribution < 1.29 is 5.11 Å². The van der Waals surface area contributed by atoms with Crippen LogP contribution in [0.3, 0.4) is 0 Å². The highest BCUT2D eigenvalue weighted by Crippen LogP contribution is 2.66. The molecule has 0 heterocycles. The smallest absolute Gasteiger partial charge is 0.0577 e. The Bertz CT molecular complexity index is 704. The fourth-order valence-electron chi connectivity index (χ4n) is 8.96. The summed E-state index contributed by atoms with van der Waals surface area (Å²) in [4.78, 5) is 0. The molecular formula is C30H50O. The molecule has 4 aliphatic carbocycles. The van der Waals surface area contributed by atoms with Gasteiger partial charge in [-0.1, -0.05) is 84.1 Å². The van der Waals surface area contributed by atoms with Crippen LogP contribution in [-0.2, 0) is 0 Å². The summed E-state index contributed by atoms with van der Waals surface area (Å²) in [6.45, 7) is 14.9. The summed E-state index contributed by atoms with van der Waals surface area (Å²) < 4.78 is 0. The van der Waals surface area contributed by atoms with Gasteiger partial charge in [0.1, 0.15) is 0 Å². The van der Waals surface area contributed by atoms with E-state index in [4.69, 9.17) is 0 Å². The molecule has 0 aromatic rings. The Kier molecular flexibility index (Phi) is 6.59. The molecule has 31 heavy (non-hydrogen) atoms. The summed E-state index contributed by atoms with van der Waals surface area (Å²) in [6, 6.07) is 0. The van der Waals surface area contributed by atoms with Gasteiger partial charge in [0.25, 0.3) is 0 Å². The standard InChI is InChI=1S/C30H50O/c1-7-30(8-2,9-3)19-14-21(4)25-12-13-26-24-11-10-22-20-23(31)15-17-28(22,5)27(24)16-18-29(25,26)6/h10,12,21,23-24,26-27,31H,7-9,11,13-20H2,1-6H3/t21-,23+,24+,26+,27+,28+,29-/m1/s1. The van der Waals surface area contributed by atoms with E-state index in [1.165, 1.54) is 64.2 Å². The van der Waals surface area contributed by atoms with Gasteiger partial charge in [0.15, 0.2) is 0 Å². The monoisotopic (exact) mass is 426 g/mol. The zero-order valence-electron chi connectivity index (χ0n) is 21.5. The van der Waals surface area contributed by atoms with Gasteiger partial charge in [-0.25, -0.2) is 0 Å². The minimum Gasteiger partial charge on any atom is -0.393 e. The lowest BCUT2D eigenvalue weighted by atomic mass is 9.47. The summed E-state index contributed by atoms with van der Waals surface area (Å²) in [5.41, 5.74) is 4.79. The number of allylic oxidation sites excluding steroid dienone is 3. The van der Waals surface area contributed by atoms with E-state index in [0.717, 1.165) is 36.5 Å². The summed E-state index contributed by atoms with van der Waals surface area (Å²) in [6.07, 6.45) is 20.5. The van der Waals surface area contributed by atoms with E-state index in [9.17, 15) is 5.11 Å². The molecular weight excluding hydrogens is 376 g/mol. The van der Waals surface area contributed by atoms with Gasteiger partial charge in [0, 0.05) is 0 Å². The van der Waals surface area contributed by atoms with Gasteiger partial charge in [-0.3, -0.25) is 0 Å². The minimum atomic E-state index is -0.0909. The second-order valence-electron chi connectivity index (χ2n) is 12.5. The average molecular weight is 427 g/mol. The van der Waals surface area contributed by atoms with E-state index >= 15 is 0 Å². The zero-order valence-corrected chi connectivity index (χ0v) is 21.5. The Morgan fingerprint density at radius 3 is 2.32 bits per heavy atom. The molecule has 7 atom stereocenters. The van der Waals surface area contributed by atoms with Crippen LogP contribution >= 0.6 is 0 Å². The molecule has 0 amide bonds. The quantitative estimate of drug-likeness (QED) is 0.405. The van der Waals surface area contributed by atoms with E-state index in [2.05, 4.69) is 53.7 Å². The van der Waals surface area contributed by atoms with Gasteiger partial charge in [0.05, 0.1) is 6.10 Å². The van der Waals surface area contributed by atoms with Gasteiger partial charge >= 0.3 is 0 Å². The highest BCUT2D eigenvalue weighted by molar-refractivity contribution is 5.31. The molecule has 176 valence electrons. The molecule has 0 aromatic heterocycles. The molecule has 1 heteroatoms. The normalized spacial score (nSPS) is 41.0. The van der Waals surface area contributed by atoms with Crippen molar-refractivity contribution in [1.29, 1.82) is 0 Å². The summed E-state index contributed by atoms with van der Waals surface area (Å²) in [7, 11) is 0. The summed E-state index contributed by atoms with van der Waals surface area (Å²) in [5, 5.41) is 10.3. The average Bonchev–Trinajstić information content (AvgIpc) is 3.13. The first-order valence-corrected chi connectivity index (χ1v) is 13.8. The van der Waals surface area contributed by atoms with Crippen LogP contribution in [0.25, 0.3) is 0 Å². The lowest BCUT2D eigenvalue weighted by molar-refractivity contribution is -0.0317. The second kappa shape index (κ2) is 8.66. The van der Waals surface area contributed by atoms with Crippen molar-refractivity contribution in [1.82, 2.24) is 0 Å².